The van der Waals surface area contributed by atoms with Crippen molar-refractivity contribution >= 4 is 18.3 Å². The number of amides is 1. The molecule has 0 aliphatic heterocycles. The van der Waals surface area contributed by atoms with Gasteiger partial charge in [0.1, 0.15) is 0 Å². The third kappa shape index (κ3) is 4.62. The van der Waals surface area contributed by atoms with Gasteiger partial charge >= 0.3 is 0 Å². The fraction of sp³-hybridized carbons (Fsp3) is 0.0455. The Morgan fingerprint density at radius 1 is 0.857 bits per heavy atom. The monoisotopic (exact) mass is 371 g/mol. The van der Waals surface area contributed by atoms with Gasteiger partial charge in [-0.15, -0.1) is 0 Å². The van der Waals surface area contributed by atoms with Crippen LogP contribution in [0.2, 0.25) is 0 Å². The number of rotatable bonds is 6. The van der Waals surface area contributed by atoms with Crippen LogP contribution in [0.4, 0.5) is 0 Å². The molecule has 0 unspecified atom stereocenters. The highest BCUT2D eigenvalue weighted by molar-refractivity contribution is 5.95. The lowest BCUT2D eigenvalue weighted by atomic mass is 9.98. The average molecular weight is 371 g/mol. The van der Waals surface area contributed by atoms with Crippen molar-refractivity contribution in [2.24, 2.45) is 21.9 Å². The fourth-order valence-electron chi connectivity index (χ4n) is 2.91. The predicted octanol–water partition coefficient (Wildman–Crippen LogP) is 2.87. The van der Waals surface area contributed by atoms with E-state index in [1.165, 1.54) is 6.21 Å². The Morgan fingerprint density at radius 3 is 2.32 bits per heavy atom. The fourth-order valence-corrected chi connectivity index (χ4v) is 2.91. The van der Waals surface area contributed by atoms with E-state index < -0.39 is 0 Å². The van der Waals surface area contributed by atoms with Crippen molar-refractivity contribution in [3.63, 3.8) is 0 Å². The SMILES string of the molecule is NN=Cc1ccc(C(=O)NCc2ccccc2-c2cccc(C=NN)c2)cc1. The van der Waals surface area contributed by atoms with E-state index in [0.29, 0.717) is 12.1 Å². The maximum atomic E-state index is 12.5. The van der Waals surface area contributed by atoms with Crippen LogP contribution in [0.5, 0.6) is 0 Å². The molecule has 0 heterocycles. The molecule has 0 bridgehead atoms. The second kappa shape index (κ2) is 9.14. The van der Waals surface area contributed by atoms with Gasteiger partial charge in [0, 0.05) is 12.1 Å². The molecule has 0 radical (unpaired) electrons. The van der Waals surface area contributed by atoms with Crippen molar-refractivity contribution < 1.29 is 4.79 Å². The minimum Gasteiger partial charge on any atom is -0.348 e. The van der Waals surface area contributed by atoms with E-state index in [-0.39, 0.29) is 5.91 Å². The first-order valence-electron chi connectivity index (χ1n) is 8.74. The number of hydrogen-bond acceptors (Lipinski definition) is 5. The van der Waals surface area contributed by atoms with E-state index in [2.05, 4.69) is 15.5 Å². The molecule has 0 atom stereocenters. The Labute approximate surface area is 163 Å². The summed E-state index contributed by atoms with van der Waals surface area (Å²) < 4.78 is 0. The van der Waals surface area contributed by atoms with Crippen molar-refractivity contribution in [3.05, 3.63) is 95.1 Å². The van der Waals surface area contributed by atoms with Crippen molar-refractivity contribution in [2.45, 2.75) is 6.54 Å². The molecule has 28 heavy (non-hydrogen) atoms. The van der Waals surface area contributed by atoms with E-state index in [9.17, 15) is 4.79 Å². The van der Waals surface area contributed by atoms with Crippen LogP contribution in [-0.4, -0.2) is 18.3 Å². The number of nitrogens with one attached hydrogen (secondary N) is 1. The van der Waals surface area contributed by atoms with Crippen molar-refractivity contribution in [1.29, 1.82) is 0 Å². The van der Waals surface area contributed by atoms with Gasteiger partial charge in [0.25, 0.3) is 5.91 Å². The van der Waals surface area contributed by atoms with Crippen LogP contribution in [0.15, 0.2) is 83.0 Å². The third-order valence-electron chi connectivity index (χ3n) is 4.27. The minimum atomic E-state index is -0.143. The van der Waals surface area contributed by atoms with Crippen molar-refractivity contribution in [1.82, 2.24) is 5.32 Å². The van der Waals surface area contributed by atoms with Gasteiger partial charge in [0.15, 0.2) is 0 Å². The Kier molecular flexibility index (Phi) is 6.15. The second-order valence-corrected chi connectivity index (χ2v) is 6.14. The molecule has 6 heteroatoms. The first-order valence-corrected chi connectivity index (χ1v) is 8.74. The second-order valence-electron chi connectivity index (χ2n) is 6.14. The van der Waals surface area contributed by atoms with Gasteiger partial charge in [-0.1, -0.05) is 54.6 Å². The summed E-state index contributed by atoms with van der Waals surface area (Å²) in [5.74, 6) is 10.2. The lowest BCUT2D eigenvalue weighted by Gasteiger charge is -2.12. The molecule has 6 nitrogen and oxygen atoms in total. The van der Waals surface area contributed by atoms with Gasteiger partial charge in [-0.25, -0.2) is 0 Å². The summed E-state index contributed by atoms with van der Waals surface area (Å²) in [5.41, 5.74) is 5.43. The highest BCUT2D eigenvalue weighted by atomic mass is 16.1. The largest absolute Gasteiger partial charge is 0.348 e. The summed E-state index contributed by atoms with van der Waals surface area (Å²) in [6.45, 7) is 0.413. The van der Waals surface area contributed by atoms with Gasteiger partial charge in [0.05, 0.1) is 12.4 Å². The van der Waals surface area contributed by atoms with E-state index in [0.717, 1.165) is 27.8 Å². The van der Waals surface area contributed by atoms with Crippen LogP contribution in [0.3, 0.4) is 0 Å². The highest BCUT2D eigenvalue weighted by Gasteiger charge is 2.09. The molecule has 0 saturated carbocycles. The summed E-state index contributed by atoms with van der Waals surface area (Å²) in [5, 5.41) is 10.0. The predicted molar refractivity (Wildman–Crippen MR) is 113 cm³/mol. The standard InChI is InChI=1S/C22H21N5O/c23-26-13-16-8-10-18(11-9-16)22(28)25-15-20-5-1-2-7-21(20)19-6-3-4-17(12-19)14-27-24/h1-14H,15,23-24H2,(H,25,28). The van der Waals surface area contributed by atoms with Gasteiger partial charge in [0.2, 0.25) is 0 Å². The maximum absolute atomic E-state index is 12.5. The van der Waals surface area contributed by atoms with Crippen molar-refractivity contribution in [2.75, 3.05) is 0 Å². The molecule has 0 spiro atoms. The van der Waals surface area contributed by atoms with Gasteiger partial charge in [-0.2, -0.15) is 10.2 Å². The molecule has 0 aliphatic rings. The normalized spacial score (nSPS) is 11.1. The molecular formula is C22H21N5O. The van der Waals surface area contributed by atoms with E-state index in [4.69, 9.17) is 11.7 Å². The zero-order chi connectivity index (χ0) is 19.8. The number of hydrogen-bond donors (Lipinski definition) is 3. The van der Waals surface area contributed by atoms with E-state index in [1.807, 2.05) is 48.5 Å². The van der Waals surface area contributed by atoms with Crippen LogP contribution in [-0.2, 0) is 6.54 Å². The zero-order valence-electron chi connectivity index (χ0n) is 15.2. The Hall–Kier alpha value is -3.93. The van der Waals surface area contributed by atoms with Crippen LogP contribution < -0.4 is 17.0 Å². The average Bonchev–Trinajstić information content (AvgIpc) is 2.73. The summed E-state index contributed by atoms with van der Waals surface area (Å²) in [4.78, 5) is 12.5. The highest BCUT2D eigenvalue weighted by Crippen LogP contribution is 2.24. The Morgan fingerprint density at radius 2 is 1.57 bits per heavy atom. The van der Waals surface area contributed by atoms with Crippen LogP contribution in [0, 0.1) is 0 Å². The lowest BCUT2D eigenvalue weighted by molar-refractivity contribution is 0.0951. The van der Waals surface area contributed by atoms with Crippen LogP contribution in [0.25, 0.3) is 11.1 Å². The van der Waals surface area contributed by atoms with Crippen molar-refractivity contribution in [3.8, 4) is 11.1 Å². The molecule has 3 rings (SSSR count). The molecule has 0 aliphatic carbocycles. The molecule has 3 aromatic rings. The first-order chi connectivity index (χ1) is 13.7. The minimum absolute atomic E-state index is 0.143. The molecule has 0 fully saturated rings. The van der Waals surface area contributed by atoms with E-state index >= 15 is 0 Å². The van der Waals surface area contributed by atoms with Crippen LogP contribution >= 0.6 is 0 Å². The maximum Gasteiger partial charge on any atom is 0.251 e. The lowest BCUT2D eigenvalue weighted by Crippen LogP contribution is -2.23. The number of carbonyl (C=O) groups is 1. The number of carbonyl (C=O) groups excluding carboxylic acids is 1. The van der Waals surface area contributed by atoms with Crippen LogP contribution in [0.1, 0.15) is 27.0 Å². The Bertz CT molecular complexity index is 1010. The molecule has 3 aromatic carbocycles. The molecule has 1 amide bonds. The summed E-state index contributed by atoms with van der Waals surface area (Å²) in [6.07, 6.45) is 3.13. The molecule has 0 saturated heterocycles. The third-order valence-corrected chi connectivity index (χ3v) is 4.27. The number of nitrogens with two attached hydrogens (primary N) is 2. The van der Waals surface area contributed by atoms with Gasteiger partial charge < -0.3 is 17.0 Å². The summed E-state index contributed by atoms with van der Waals surface area (Å²) in [6, 6.07) is 23.0. The van der Waals surface area contributed by atoms with Gasteiger partial charge in [-0.05, 0) is 46.0 Å². The smallest absolute Gasteiger partial charge is 0.251 e. The number of nitrogens with zero attached hydrogens (tertiary/aromatic N) is 2. The quantitative estimate of drug-likeness (QED) is 0.352. The molecule has 5 N–H and O–H groups in total. The number of benzene rings is 3. The first kappa shape index (κ1) is 18.8. The topological polar surface area (TPSA) is 106 Å². The molecular weight excluding hydrogens is 350 g/mol. The number of hydrazone groups is 2. The Balaban J connectivity index is 1.76. The summed E-state index contributed by atoms with van der Waals surface area (Å²) in [7, 11) is 0. The zero-order valence-corrected chi connectivity index (χ0v) is 15.2. The van der Waals surface area contributed by atoms with E-state index in [1.54, 1.807) is 30.5 Å². The molecule has 140 valence electrons. The summed E-state index contributed by atoms with van der Waals surface area (Å²) >= 11 is 0. The van der Waals surface area contributed by atoms with Gasteiger partial charge in [-0.3, -0.25) is 4.79 Å². The molecule has 0 aromatic heterocycles.